The summed E-state index contributed by atoms with van der Waals surface area (Å²) in [6, 6.07) is 1.96. The van der Waals surface area contributed by atoms with Crippen molar-refractivity contribution in [1.29, 1.82) is 0 Å². The SMILES string of the molecule is C=COc1cc(F)c(Br)cc1[N+](=O)[O-]. The quantitative estimate of drug-likeness (QED) is 0.478. The van der Waals surface area contributed by atoms with Crippen molar-refractivity contribution in [3.05, 3.63) is 45.4 Å². The Bertz CT molecular complexity index is 394. The summed E-state index contributed by atoms with van der Waals surface area (Å²) in [5.74, 6) is -0.807. The second-order valence-corrected chi connectivity index (χ2v) is 3.13. The fraction of sp³-hybridized carbons (Fsp3) is 0. The maximum absolute atomic E-state index is 13.0. The van der Waals surface area contributed by atoms with Gasteiger partial charge in [-0.15, -0.1) is 0 Å². The Hall–Kier alpha value is -1.43. The number of benzene rings is 1. The number of nitro groups is 1. The molecule has 0 aliphatic rings. The minimum absolute atomic E-state index is 0.0145. The third kappa shape index (κ3) is 2.08. The average Bonchev–Trinajstić information content (AvgIpc) is 2.11. The number of nitrogens with zero attached hydrogens (tertiary/aromatic N) is 1. The van der Waals surface area contributed by atoms with E-state index in [1.165, 1.54) is 0 Å². The van der Waals surface area contributed by atoms with Gasteiger partial charge in [0.15, 0.2) is 0 Å². The summed E-state index contributed by atoms with van der Waals surface area (Å²) in [6.07, 6.45) is 0.996. The van der Waals surface area contributed by atoms with Gasteiger partial charge in [-0.25, -0.2) is 4.39 Å². The number of hydrogen-bond acceptors (Lipinski definition) is 3. The standard InChI is InChI=1S/C8H5BrFNO3/c1-2-14-8-4-6(10)5(9)3-7(8)11(12)13/h2-4H,1H2. The summed E-state index contributed by atoms with van der Waals surface area (Å²) in [7, 11) is 0. The van der Waals surface area contributed by atoms with Crippen LogP contribution in [0.2, 0.25) is 0 Å². The maximum atomic E-state index is 13.0. The van der Waals surface area contributed by atoms with E-state index in [4.69, 9.17) is 4.74 Å². The van der Waals surface area contributed by atoms with E-state index in [-0.39, 0.29) is 15.9 Å². The Kier molecular flexibility index (Phi) is 3.19. The van der Waals surface area contributed by atoms with Crippen LogP contribution in [0.15, 0.2) is 29.4 Å². The minimum atomic E-state index is -0.664. The van der Waals surface area contributed by atoms with Crippen LogP contribution in [0.1, 0.15) is 0 Å². The molecule has 0 spiro atoms. The first-order chi connectivity index (χ1) is 6.56. The first-order valence-corrected chi connectivity index (χ1v) is 4.26. The van der Waals surface area contributed by atoms with Crippen LogP contribution in [-0.2, 0) is 0 Å². The Labute approximate surface area is 87.3 Å². The Morgan fingerprint density at radius 3 is 2.79 bits per heavy atom. The highest BCUT2D eigenvalue weighted by molar-refractivity contribution is 9.10. The van der Waals surface area contributed by atoms with Gasteiger partial charge in [0.1, 0.15) is 5.82 Å². The van der Waals surface area contributed by atoms with Gasteiger partial charge < -0.3 is 4.74 Å². The molecule has 74 valence electrons. The van der Waals surface area contributed by atoms with Crippen LogP contribution in [0.25, 0.3) is 0 Å². The van der Waals surface area contributed by atoms with Gasteiger partial charge in [0.25, 0.3) is 0 Å². The van der Waals surface area contributed by atoms with Crippen molar-refractivity contribution >= 4 is 21.6 Å². The minimum Gasteiger partial charge on any atom is -0.458 e. The van der Waals surface area contributed by atoms with Crippen molar-refractivity contribution in [1.82, 2.24) is 0 Å². The lowest BCUT2D eigenvalue weighted by Gasteiger charge is -2.02. The second-order valence-electron chi connectivity index (χ2n) is 2.28. The van der Waals surface area contributed by atoms with Gasteiger partial charge in [-0.05, 0) is 15.9 Å². The molecule has 0 bridgehead atoms. The van der Waals surface area contributed by atoms with E-state index in [0.29, 0.717) is 0 Å². The predicted molar refractivity (Wildman–Crippen MR) is 51.6 cm³/mol. The van der Waals surface area contributed by atoms with Gasteiger partial charge in [-0.1, -0.05) is 6.58 Å². The summed E-state index contributed by atoms with van der Waals surface area (Å²) in [4.78, 5) is 9.84. The van der Waals surface area contributed by atoms with Crippen LogP contribution in [0.5, 0.6) is 5.75 Å². The summed E-state index contributed by atoms with van der Waals surface area (Å²) in [5, 5.41) is 10.5. The molecule has 0 radical (unpaired) electrons. The van der Waals surface area contributed by atoms with Crippen LogP contribution in [-0.4, -0.2) is 4.92 Å². The molecular formula is C8H5BrFNO3. The molecule has 1 rings (SSSR count). The molecule has 0 unspecified atom stereocenters. The lowest BCUT2D eigenvalue weighted by molar-refractivity contribution is -0.385. The molecule has 0 aliphatic carbocycles. The lowest BCUT2D eigenvalue weighted by Crippen LogP contribution is -1.94. The third-order valence-electron chi connectivity index (χ3n) is 1.41. The van der Waals surface area contributed by atoms with Crippen molar-refractivity contribution in [2.24, 2.45) is 0 Å². The van der Waals surface area contributed by atoms with Crippen molar-refractivity contribution in [3.63, 3.8) is 0 Å². The van der Waals surface area contributed by atoms with Gasteiger partial charge in [0.05, 0.1) is 15.7 Å². The summed E-state index contributed by atoms with van der Waals surface area (Å²) in [5.41, 5.74) is -0.321. The molecule has 1 aromatic rings. The highest BCUT2D eigenvalue weighted by atomic mass is 79.9. The average molecular weight is 262 g/mol. The van der Waals surface area contributed by atoms with Crippen molar-refractivity contribution in [2.75, 3.05) is 0 Å². The van der Waals surface area contributed by atoms with Crippen LogP contribution >= 0.6 is 15.9 Å². The Morgan fingerprint density at radius 2 is 2.29 bits per heavy atom. The molecule has 0 fully saturated rings. The Morgan fingerprint density at radius 1 is 1.64 bits per heavy atom. The summed E-state index contributed by atoms with van der Waals surface area (Å²) >= 11 is 2.84. The molecule has 1 aromatic carbocycles. The largest absolute Gasteiger partial charge is 0.458 e. The van der Waals surface area contributed by atoms with Crippen molar-refractivity contribution in [3.8, 4) is 5.75 Å². The summed E-state index contributed by atoms with van der Waals surface area (Å²) in [6.45, 7) is 3.23. The third-order valence-corrected chi connectivity index (χ3v) is 2.02. The van der Waals surface area contributed by atoms with Gasteiger partial charge in [-0.3, -0.25) is 10.1 Å². The number of halogens is 2. The van der Waals surface area contributed by atoms with Gasteiger partial charge >= 0.3 is 5.69 Å². The van der Waals surface area contributed by atoms with Crippen molar-refractivity contribution < 1.29 is 14.1 Å². The first-order valence-electron chi connectivity index (χ1n) is 3.47. The number of hydrogen-bond donors (Lipinski definition) is 0. The zero-order chi connectivity index (χ0) is 10.7. The highest BCUT2D eigenvalue weighted by Gasteiger charge is 2.18. The van der Waals surface area contributed by atoms with E-state index in [2.05, 4.69) is 22.5 Å². The van der Waals surface area contributed by atoms with E-state index >= 15 is 0 Å². The normalized spacial score (nSPS) is 9.57. The fourth-order valence-electron chi connectivity index (χ4n) is 0.845. The number of rotatable bonds is 3. The topological polar surface area (TPSA) is 52.4 Å². The molecule has 0 aliphatic heterocycles. The summed E-state index contributed by atoms with van der Waals surface area (Å²) < 4.78 is 17.7. The van der Waals surface area contributed by atoms with Gasteiger partial charge in [0, 0.05) is 12.1 Å². The molecule has 0 heterocycles. The van der Waals surface area contributed by atoms with E-state index in [1.54, 1.807) is 0 Å². The van der Waals surface area contributed by atoms with Crippen LogP contribution in [0.3, 0.4) is 0 Å². The predicted octanol–water partition coefficient (Wildman–Crippen LogP) is 3.02. The molecule has 0 saturated heterocycles. The molecule has 0 aromatic heterocycles. The second kappa shape index (κ2) is 4.19. The van der Waals surface area contributed by atoms with E-state index in [9.17, 15) is 14.5 Å². The highest BCUT2D eigenvalue weighted by Crippen LogP contribution is 2.32. The first kappa shape index (κ1) is 10.6. The van der Waals surface area contributed by atoms with E-state index in [1.807, 2.05) is 0 Å². The zero-order valence-electron chi connectivity index (χ0n) is 6.87. The Balaban J connectivity index is 3.30. The maximum Gasteiger partial charge on any atom is 0.312 e. The molecule has 0 saturated carbocycles. The molecule has 0 N–H and O–H groups in total. The molecule has 0 atom stereocenters. The molecule has 6 heteroatoms. The molecule has 0 amide bonds. The molecule has 14 heavy (non-hydrogen) atoms. The van der Waals surface area contributed by atoms with Gasteiger partial charge in [-0.2, -0.15) is 0 Å². The number of ether oxygens (including phenoxy) is 1. The fourth-order valence-corrected chi connectivity index (χ4v) is 1.18. The monoisotopic (exact) mass is 261 g/mol. The molecule has 4 nitrogen and oxygen atoms in total. The van der Waals surface area contributed by atoms with Crippen LogP contribution < -0.4 is 4.74 Å². The molecular weight excluding hydrogens is 257 g/mol. The smallest absolute Gasteiger partial charge is 0.312 e. The lowest BCUT2D eigenvalue weighted by atomic mass is 10.3. The van der Waals surface area contributed by atoms with Gasteiger partial charge in [0.2, 0.25) is 5.75 Å². The van der Waals surface area contributed by atoms with Crippen molar-refractivity contribution in [2.45, 2.75) is 0 Å². The zero-order valence-corrected chi connectivity index (χ0v) is 8.45. The number of nitro benzene ring substituents is 1. The van der Waals surface area contributed by atoms with E-state index in [0.717, 1.165) is 18.4 Å². The van der Waals surface area contributed by atoms with Crippen LogP contribution in [0, 0.1) is 15.9 Å². The van der Waals surface area contributed by atoms with Crippen LogP contribution in [0.4, 0.5) is 10.1 Å². The van der Waals surface area contributed by atoms with E-state index < -0.39 is 10.7 Å².